The normalized spacial score (nSPS) is 12.1. The number of amides is 1. The van der Waals surface area contributed by atoms with Crippen LogP contribution in [0.1, 0.15) is 38.2 Å². The van der Waals surface area contributed by atoms with Gasteiger partial charge in [0.05, 0.1) is 4.90 Å². The van der Waals surface area contributed by atoms with Crippen molar-refractivity contribution in [2.24, 2.45) is 0 Å². The van der Waals surface area contributed by atoms with Gasteiger partial charge in [-0.1, -0.05) is 12.1 Å². The second kappa shape index (κ2) is 10.4. The van der Waals surface area contributed by atoms with Gasteiger partial charge in [0.1, 0.15) is 23.3 Å². The molecule has 0 saturated heterocycles. The molecule has 36 heavy (non-hydrogen) atoms. The van der Waals surface area contributed by atoms with E-state index in [4.69, 9.17) is 9.29 Å². The van der Waals surface area contributed by atoms with Gasteiger partial charge < -0.3 is 20.3 Å². The topological polar surface area (TPSA) is 150 Å². The van der Waals surface area contributed by atoms with Crippen LogP contribution in [0.25, 0.3) is 0 Å². The van der Waals surface area contributed by atoms with Crippen molar-refractivity contribution in [2.75, 3.05) is 0 Å². The summed E-state index contributed by atoms with van der Waals surface area (Å²) in [6, 6.07) is 10.3. The molecule has 0 bridgehead atoms. The van der Waals surface area contributed by atoms with E-state index in [1.165, 1.54) is 12.1 Å². The molecule has 9 nitrogen and oxygen atoms in total. The van der Waals surface area contributed by atoms with Crippen molar-refractivity contribution in [3.8, 4) is 17.2 Å². The molecule has 1 atom stereocenters. The Kier molecular flexibility index (Phi) is 7.71. The number of carboxylic acids is 1. The number of carbonyl (C=O) groups is 2. The van der Waals surface area contributed by atoms with Crippen LogP contribution in [0.2, 0.25) is 0 Å². The number of carbonyl (C=O) groups excluding carboxylic acids is 1. The number of phenolic OH excluding ortho intramolecular Hbond substituents is 1. The molecule has 0 aromatic heterocycles. The summed E-state index contributed by atoms with van der Waals surface area (Å²) in [7, 11) is -4.41. The smallest absolute Gasteiger partial charge is 0.326 e. The van der Waals surface area contributed by atoms with Crippen LogP contribution in [0.5, 0.6) is 17.2 Å². The average Bonchev–Trinajstić information content (AvgIpc) is 2.78. The molecule has 3 aromatic rings. The zero-order valence-electron chi connectivity index (χ0n) is 20.2. The van der Waals surface area contributed by atoms with Crippen LogP contribution >= 0.6 is 0 Å². The number of nitrogens with one attached hydrogen (secondary N) is 1. The SMILES string of the molecule is Cc1cc(Oc2c(C)cc(CC(NC(=O)c3ccc(S(=O)(=O)O)cc3)C(=O)O)cc2C)cc(C)c1O. The van der Waals surface area contributed by atoms with Crippen LogP contribution in [0, 0.1) is 27.7 Å². The highest BCUT2D eigenvalue weighted by Crippen LogP contribution is 2.34. The number of aliphatic carboxylic acids is 1. The quantitative estimate of drug-likeness (QED) is 0.329. The number of benzene rings is 3. The Bertz CT molecular complexity index is 1380. The van der Waals surface area contributed by atoms with Crippen LogP contribution in [0.15, 0.2) is 53.4 Å². The van der Waals surface area contributed by atoms with E-state index < -0.39 is 28.0 Å². The molecule has 0 heterocycles. The summed E-state index contributed by atoms with van der Waals surface area (Å²) < 4.78 is 37.5. The number of carboxylic acid groups (broad SMARTS) is 1. The highest BCUT2D eigenvalue weighted by molar-refractivity contribution is 7.85. The van der Waals surface area contributed by atoms with Gasteiger partial charge in [0.2, 0.25) is 0 Å². The molecule has 4 N–H and O–H groups in total. The third-order valence-corrected chi connectivity index (χ3v) is 6.53. The summed E-state index contributed by atoms with van der Waals surface area (Å²) in [5, 5.41) is 22.1. The minimum atomic E-state index is -4.41. The van der Waals surface area contributed by atoms with E-state index in [0.717, 1.165) is 23.3 Å². The Hall–Kier alpha value is -3.89. The molecule has 0 aliphatic rings. The van der Waals surface area contributed by atoms with Gasteiger partial charge in [0.25, 0.3) is 16.0 Å². The average molecular weight is 514 g/mol. The van der Waals surface area contributed by atoms with E-state index in [1.54, 1.807) is 38.1 Å². The Morgan fingerprint density at radius 3 is 1.92 bits per heavy atom. The summed E-state index contributed by atoms with van der Waals surface area (Å²) in [4.78, 5) is 24.0. The molecular weight excluding hydrogens is 486 g/mol. The fourth-order valence-electron chi connectivity index (χ4n) is 3.87. The van der Waals surface area contributed by atoms with Crippen LogP contribution in [0.4, 0.5) is 0 Å². The minimum Gasteiger partial charge on any atom is -0.507 e. The maximum absolute atomic E-state index is 12.6. The fraction of sp³-hybridized carbons (Fsp3) is 0.231. The molecule has 10 heteroatoms. The Labute approximate surface area is 209 Å². The molecule has 0 spiro atoms. The van der Waals surface area contributed by atoms with Gasteiger partial charge in [-0.25, -0.2) is 4.79 Å². The number of phenols is 1. The second-order valence-electron chi connectivity index (χ2n) is 8.63. The summed E-state index contributed by atoms with van der Waals surface area (Å²) >= 11 is 0. The van der Waals surface area contributed by atoms with E-state index >= 15 is 0 Å². The molecule has 190 valence electrons. The van der Waals surface area contributed by atoms with Crippen molar-refractivity contribution in [3.05, 3.63) is 81.9 Å². The first-order valence-corrected chi connectivity index (χ1v) is 12.4. The predicted octanol–water partition coefficient (Wildman–Crippen LogP) is 4.09. The second-order valence-corrected chi connectivity index (χ2v) is 10.1. The van der Waals surface area contributed by atoms with Gasteiger partial charge in [-0.3, -0.25) is 9.35 Å². The van der Waals surface area contributed by atoms with Crippen molar-refractivity contribution in [2.45, 2.75) is 45.1 Å². The minimum absolute atomic E-state index is 0.00353. The lowest BCUT2D eigenvalue weighted by Crippen LogP contribution is -2.42. The van der Waals surface area contributed by atoms with Crippen molar-refractivity contribution < 1.29 is 37.5 Å². The van der Waals surface area contributed by atoms with Crippen molar-refractivity contribution in [1.29, 1.82) is 0 Å². The Morgan fingerprint density at radius 1 is 0.917 bits per heavy atom. The lowest BCUT2D eigenvalue weighted by Gasteiger charge is -2.18. The standard InChI is InChI=1S/C26H27NO8S/c1-14-11-20(12-15(2)23(14)28)35-24-16(3)9-18(10-17(24)4)13-22(26(30)31)27-25(29)19-5-7-21(8-6-19)36(32,33)34/h5-12,22,28H,13H2,1-4H3,(H,27,29)(H,30,31)(H,32,33,34). The zero-order valence-corrected chi connectivity index (χ0v) is 21.0. The number of aromatic hydroxyl groups is 1. The predicted molar refractivity (Wildman–Crippen MR) is 132 cm³/mol. The molecule has 3 rings (SSSR count). The monoisotopic (exact) mass is 513 g/mol. The number of rotatable bonds is 8. The van der Waals surface area contributed by atoms with E-state index in [-0.39, 0.29) is 22.6 Å². The highest BCUT2D eigenvalue weighted by atomic mass is 32.2. The van der Waals surface area contributed by atoms with Crippen molar-refractivity contribution in [3.63, 3.8) is 0 Å². The summed E-state index contributed by atoms with van der Waals surface area (Å²) in [5.74, 6) is -0.544. The molecule has 0 saturated carbocycles. The third-order valence-electron chi connectivity index (χ3n) is 5.66. The first-order chi connectivity index (χ1) is 16.8. The van der Waals surface area contributed by atoms with Crippen LogP contribution in [-0.2, 0) is 21.3 Å². The first-order valence-electron chi connectivity index (χ1n) is 11.0. The van der Waals surface area contributed by atoms with Gasteiger partial charge in [0.15, 0.2) is 0 Å². The lowest BCUT2D eigenvalue weighted by atomic mass is 9.99. The number of hydrogen-bond donors (Lipinski definition) is 4. The fourth-order valence-corrected chi connectivity index (χ4v) is 4.35. The molecule has 0 aliphatic heterocycles. The number of aryl methyl sites for hydroxylation is 4. The van der Waals surface area contributed by atoms with E-state index in [2.05, 4.69) is 5.32 Å². The van der Waals surface area contributed by atoms with E-state index in [1.807, 2.05) is 13.8 Å². The van der Waals surface area contributed by atoms with Crippen molar-refractivity contribution >= 4 is 22.0 Å². The van der Waals surface area contributed by atoms with Crippen molar-refractivity contribution in [1.82, 2.24) is 5.32 Å². The maximum atomic E-state index is 12.6. The van der Waals surface area contributed by atoms with Gasteiger partial charge in [0, 0.05) is 12.0 Å². The number of hydrogen-bond acceptors (Lipinski definition) is 6. The third kappa shape index (κ3) is 6.21. The van der Waals surface area contributed by atoms with Gasteiger partial charge in [-0.05, 0) is 91.9 Å². The molecule has 0 fully saturated rings. The summed E-state index contributed by atoms with van der Waals surface area (Å²) in [6.07, 6.45) is 0.00353. The Morgan fingerprint density at radius 2 is 1.44 bits per heavy atom. The molecule has 0 radical (unpaired) electrons. The molecule has 0 aliphatic carbocycles. The van der Waals surface area contributed by atoms with Gasteiger partial charge in [-0.2, -0.15) is 8.42 Å². The largest absolute Gasteiger partial charge is 0.507 e. The van der Waals surface area contributed by atoms with Gasteiger partial charge in [-0.15, -0.1) is 0 Å². The van der Waals surface area contributed by atoms with Crippen LogP contribution in [-0.4, -0.2) is 41.1 Å². The Balaban J connectivity index is 1.78. The lowest BCUT2D eigenvalue weighted by molar-refractivity contribution is -0.139. The molecular formula is C26H27NO8S. The summed E-state index contributed by atoms with van der Waals surface area (Å²) in [5.41, 5.74) is 3.62. The zero-order chi connectivity index (χ0) is 26.8. The van der Waals surface area contributed by atoms with E-state index in [9.17, 15) is 28.2 Å². The van der Waals surface area contributed by atoms with Gasteiger partial charge >= 0.3 is 5.97 Å². The summed E-state index contributed by atoms with van der Waals surface area (Å²) in [6.45, 7) is 7.22. The van der Waals surface area contributed by atoms with Crippen LogP contribution < -0.4 is 10.1 Å². The molecule has 3 aromatic carbocycles. The number of ether oxygens (including phenoxy) is 1. The van der Waals surface area contributed by atoms with Crippen LogP contribution in [0.3, 0.4) is 0 Å². The first kappa shape index (κ1) is 26.7. The molecule has 1 amide bonds. The highest BCUT2D eigenvalue weighted by Gasteiger charge is 2.23. The molecule has 1 unspecified atom stereocenters. The van der Waals surface area contributed by atoms with E-state index in [0.29, 0.717) is 28.2 Å². The maximum Gasteiger partial charge on any atom is 0.326 e.